The molecule has 1 heterocycles. The highest BCUT2D eigenvalue weighted by Crippen LogP contribution is 2.29. The van der Waals surface area contributed by atoms with Crippen molar-refractivity contribution in [1.82, 2.24) is 10.3 Å². The molecule has 2 atom stereocenters. The molecule has 0 bridgehead atoms. The largest absolute Gasteiger partial charge is 0.351 e. The van der Waals surface area contributed by atoms with Crippen LogP contribution in [0.15, 0.2) is 6.20 Å². The van der Waals surface area contributed by atoms with Crippen LogP contribution in [0, 0.1) is 12.8 Å². The van der Waals surface area contributed by atoms with Crippen LogP contribution in [0.1, 0.15) is 33.9 Å². The van der Waals surface area contributed by atoms with Crippen LogP contribution in [-0.4, -0.2) is 22.8 Å². The number of aryl methyl sites for hydroxylation is 1. The average molecular weight is 259 g/mol. The molecule has 1 aliphatic rings. The highest BCUT2D eigenvalue weighted by Gasteiger charge is 2.25. The summed E-state index contributed by atoms with van der Waals surface area (Å²) in [7, 11) is 0. The van der Waals surface area contributed by atoms with Gasteiger partial charge in [0.15, 0.2) is 0 Å². The summed E-state index contributed by atoms with van der Waals surface area (Å²) >= 11 is 7.57. The molecule has 5 heteroatoms. The van der Waals surface area contributed by atoms with Crippen molar-refractivity contribution >= 4 is 28.8 Å². The third-order valence-electron chi connectivity index (χ3n) is 2.94. The SMILES string of the molecule is Cc1ncc(C(=O)NCC2CCCC2Cl)s1. The normalized spacial score (nSPS) is 24.6. The molecule has 1 N–H and O–H groups in total. The molecule has 0 aromatic carbocycles. The van der Waals surface area contributed by atoms with E-state index in [0.717, 1.165) is 17.8 Å². The van der Waals surface area contributed by atoms with E-state index in [1.807, 2.05) is 6.92 Å². The lowest BCUT2D eigenvalue weighted by atomic mass is 10.1. The number of carbonyl (C=O) groups excluding carboxylic acids is 1. The number of hydrogen-bond donors (Lipinski definition) is 1. The van der Waals surface area contributed by atoms with Crippen molar-refractivity contribution < 1.29 is 4.79 Å². The topological polar surface area (TPSA) is 42.0 Å². The lowest BCUT2D eigenvalue weighted by molar-refractivity contribution is 0.0951. The maximum Gasteiger partial charge on any atom is 0.263 e. The first kappa shape index (κ1) is 11.9. The first-order valence-electron chi connectivity index (χ1n) is 5.51. The van der Waals surface area contributed by atoms with Crippen LogP contribution in [0.3, 0.4) is 0 Å². The van der Waals surface area contributed by atoms with Crippen LogP contribution < -0.4 is 5.32 Å². The van der Waals surface area contributed by atoms with Gasteiger partial charge in [-0.2, -0.15) is 0 Å². The average Bonchev–Trinajstić information content (AvgIpc) is 2.84. The number of aromatic nitrogens is 1. The molecular weight excluding hydrogens is 244 g/mol. The summed E-state index contributed by atoms with van der Waals surface area (Å²) < 4.78 is 0. The lowest BCUT2D eigenvalue weighted by Gasteiger charge is -2.13. The second-order valence-corrected chi connectivity index (χ2v) is 5.96. The molecule has 1 aromatic heterocycles. The van der Waals surface area contributed by atoms with Crippen LogP contribution >= 0.6 is 22.9 Å². The summed E-state index contributed by atoms with van der Waals surface area (Å²) in [6.45, 7) is 2.58. The van der Waals surface area contributed by atoms with Gasteiger partial charge in [-0.15, -0.1) is 22.9 Å². The van der Waals surface area contributed by atoms with Crippen molar-refractivity contribution in [1.29, 1.82) is 0 Å². The van der Waals surface area contributed by atoms with Crippen molar-refractivity contribution in [2.24, 2.45) is 5.92 Å². The zero-order valence-electron chi connectivity index (χ0n) is 9.20. The number of nitrogens with zero attached hydrogens (tertiary/aromatic N) is 1. The fraction of sp³-hybridized carbons (Fsp3) is 0.636. The van der Waals surface area contributed by atoms with Crippen molar-refractivity contribution in [3.8, 4) is 0 Å². The number of halogens is 1. The molecule has 0 radical (unpaired) electrons. The van der Waals surface area contributed by atoms with E-state index in [4.69, 9.17) is 11.6 Å². The lowest BCUT2D eigenvalue weighted by Crippen LogP contribution is -2.30. The fourth-order valence-corrected chi connectivity index (χ4v) is 3.06. The molecule has 1 fully saturated rings. The Labute approximate surface area is 104 Å². The van der Waals surface area contributed by atoms with Crippen LogP contribution in [0.5, 0.6) is 0 Å². The Bertz CT molecular complexity index is 380. The van der Waals surface area contributed by atoms with E-state index in [0.29, 0.717) is 17.3 Å². The molecule has 0 saturated heterocycles. The van der Waals surface area contributed by atoms with E-state index in [-0.39, 0.29) is 11.3 Å². The van der Waals surface area contributed by atoms with E-state index in [1.54, 1.807) is 6.20 Å². The zero-order chi connectivity index (χ0) is 11.5. The van der Waals surface area contributed by atoms with Crippen molar-refractivity contribution in [2.45, 2.75) is 31.6 Å². The Balaban J connectivity index is 1.84. The van der Waals surface area contributed by atoms with Gasteiger partial charge < -0.3 is 5.32 Å². The molecule has 0 spiro atoms. The molecule has 16 heavy (non-hydrogen) atoms. The summed E-state index contributed by atoms with van der Waals surface area (Å²) in [4.78, 5) is 16.5. The van der Waals surface area contributed by atoms with Gasteiger partial charge in [-0.3, -0.25) is 4.79 Å². The van der Waals surface area contributed by atoms with E-state index in [9.17, 15) is 4.79 Å². The molecule has 1 aliphatic carbocycles. The highest BCUT2D eigenvalue weighted by atomic mass is 35.5. The fourth-order valence-electron chi connectivity index (χ4n) is 2.00. The Morgan fingerprint density at radius 1 is 1.69 bits per heavy atom. The summed E-state index contributed by atoms with van der Waals surface area (Å²) in [5.41, 5.74) is 0. The zero-order valence-corrected chi connectivity index (χ0v) is 10.8. The van der Waals surface area contributed by atoms with Gasteiger partial charge in [0.2, 0.25) is 0 Å². The third kappa shape index (κ3) is 2.74. The Kier molecular flexibility index (Phi) is 3.82. The van der Waals surface area contributed by atoms with Crippen LogP contribution in [0.4, 0.5) is 0 Å². The first-order chi connectivity index (χ1) is 7.66. The number of alkyl halides is 1. The first-order valence-corrected chi connectivity index (χ1v) is 6.77. The van der Waals surface area contributed by atoms with Crippen molar-refractivity contribution in [3.63, 3.8) is 0 Å². The van der Waals surface area contributed by atoms with E-state index in [1.165, 1.54) is 17.8 Å². The molecule has 88 valence electrons. The minimum absolute atomic E-state index is 0.0265. The van der Waals surface area contributed by atoms with Crippen molar-refractivity contribution in [3.05, 3.63) is 16.1 Å². The van der Waals surface area contributed by atoms with Crippen LogP contribution in [0.25, 0.3) is 0 Å². The summed E-state index contributed by atoms with van der Waals surface area (Å²) in [5.74, 6) is 0.404. The number of thiazole rings is 1. The van der Waals surface area contributed by atoms with Gasteiger partial charge in [-0.1, -0.05) is 6.42 Å². The summed E-state index contributed by atoms with van der Waals surface area (Å²) in [6.07, 6.45) is 4.99. The monoisotopic (exact) mass is 258 g/mol. The van der Waals surface area contributed by atoms with E-state index in [2.05, 4.69) is 10.3 Å². The molecule has 3 nitrogen and oxygen atoms in total. The van der Waals surface area contributed by atoms with E-state index < -0.39 is 0 Å². The standard InChI is InChI=1S/C11H15ClN2OS/c1-7-13-6-10(16-7)11(15)14-5-8-3-2-4-9(8)12/h6,8-9H,2-5H2,1H3,(H,14,15). The second kappa shape index (κ2) is 5.15. The van der Waals surface area contributed by atoms with Gasteiger partial charge in [0, 0.05) is 11.9 Å². The van der Waals surface area contributed by atoms with Crippen LogP contribution in [-0.2, 0) is 0 Å². The maximum atomic E-state index is 11.7. The molecule has 2 rings (SSSR count). The smallest absolute Gasteiger partial charge is 0.263 e. The Morgan fingerprint density at radius 2 is 2.50 bits per heavy atom. The summed E-state index contributed by atoms with van der Waals surface area (Å²) in [6, 6.07) is 0. The van der Waals surface area contributed by atoms with Gasteiger partial charge in [0.1, 0.15) is 4.88 Å². The van der Waals surface area contributed by atoms with Gasteiger partial charge in [-0.25, -0.2) is 4.98 Å². The summed E-state index contributed by atoms with van der Waals surface area (Å²) in [5, 5.41) is 4.07. The molecule has 0 aliphatic heterocycles. The highest BCUT2D eigenvalue weighted by molar-refractivity contribution is 7.13. The number of carbonyl (C=O) groups is 1. The molecule has 1 amide bonds. The maximum absolute atomic E-state index is 11.7. The quantitative estimate of drug-likeness (QED) is 0.847. The molecule has 1 aromatic rings. The Morgan fingerprint density at radius 3 is 3.06 bits per heavy atom. The number of hydrogen-bond acceptors (Lipinski definition) is 3. The van der Waals surface area contributed by atoms with Gasteiger partial charge in [0.05, 0.1) is 11.2 Å². The Hall–Kier alpha value is -0.610. The van der Waals surface area contributed by atoms with E-state index >= 15 is 0 Å². The van der Waals surface area contributed by atoms with Gasteiger partial charge in [0.25, 0.3) is 5.91 Å². The number of amides is 1. The molecule has 1 saturated carbocycles. The number of rotatable bonds is 3. The van der Waals surface area contributed by atoms with Crippen LogP contribution in [0.2, 0.25) is 0 Å². The minimum Gasteiger partial charge on any atom is -0.351 e. The molecule has 2 unspecified atom stereocenters. The molecular formula is C11H15ClN2OS. The van der Waals surface area contributed by atoms with Gasteiger partial charge in [-0.05, 0) is 25.7 Å². The third-order valence-corrected chi connectivity index (χ3v) is 4.42. The predicted molar refractivity (Wildman–Crippen MR) is 66.2 cm³/mol. The second-order valence-electron chi connectivity index (χ2n) is 4.16. The predicted octanol–water partition coefficient (Wildman–Crippen LogP) is 2.59. The van der Waals surface area contributed by atoms with Gasteiger partial charge >= 0.3 is 0 Å². The van der Waals surface area contributed by atoms with Crippen molar-refractivity contribution in [2.75, 3.05) is 6.54 Å². The number of nitrogens with one attached hydrogen (secondary N) is 1. The minimum atomic E-state index is -0.0265.